The minimum atomic E-state index is -0.781. The molecule has 0 radical (unpaired) electrons. The minimum absolute atomic E-state index is 0.0685. The Morgan fingerprint density at radius 1 is 0.256 bits per heavy atom. The monoisotopic (exact) mass is 1240 g/mol. The van der Waals surface area contributed by atoms with E-state index in [1.807, 2.05) is 0 Å². The summed E-state index contributed by atoms with van der Waals surface area (Å²) >= 11 is 0. The number of hydrogen-bond acceptors (Lipinski definition) is 5. The standard InChI is InChI=1S/C85H142O5/c1-3-5-7-9-11-13-15-17-19-21-23-25-27-29-31-33-35-37-39-41-42-44-45-47-49-51-53-55-57-59-61-63-65-67-69-71-73-75-77-79-84(87)89-82-83(81-86)90-85(88)80-78-76-74-72-70-68-66-64-62-60-58-56-54-52-50-48-46-43-40-38-36-34-32-30-28-26-24-22-20-18-16-14-12-10-8-6-4-2/h5-8,11-14,17-20,23-26,29-32,35-38,43,46,83,86H,3-4,9-10,15-16,21-22,27-28,33-34,39-42,44-45,47-82H2,1-2H3/b7-5-,8-6-,13-11-,14-12-,19-17-,20-18-,25-23-,26-24-,31-29-,32-30-,37-35-,38-36-,46-43-. The Morgan fingerprint density at radius 2 is 0.444 bits per heavy atom. The van der Waals surface area contributed by atoms with Crippen molar-refractivity contribution in [1.82, 2.24) is 0 Å². The minimum Gasteiger partial charge on any atom is -0.462 e. The quantitative estimate of drug-likeness (QED) is 0.0373. The molecule has 0 aliphatic rings. The van der Waals surface area contributed by atoms with Crippen molar-refractivity contribution in [1.29, 1.82) is 0 Å². The van der Waals surface area contributed by atoms with Crippen LogP contribution in [0, 0.1) is 0 Å². The Morgan fingerprint density at radius 3 is 0.667 bits per heavy atom. The first-order valence-electron chi connectivity index (χ1n) is 38.0. The molecule has 1 N–H and O–H groups in total. The Kier molecular flexibility index (Phi) is 74.8. The van der Waals surface area contributed by atoms with Gasteiger partial charge in [0, 0.05) is 12.8 Å². The van der Waals surface area contributed by atoms with E-state index in [0.29, 0.717) is 12.8 Å². The van der Waals surface area contributed by atoms with Crippen LogP contribution in [-0.4, -0.2) is 36.4 Å². The lowest BCUT2D eigenvalue weighted by atomic mass is 10.0. The third kappa shape index (κ3) is 76.0. The molecule has 5 heteroatoms. The molecule has 0 aromatic rings. The third-order valence-electron chi connectivity index (χ3n) is 16.3. The largest absolute Gasteiger partial charge is 0.462 e. The van der Waals surface area contributed by atoms with Gasteiger partial charge in [0.15, 0.2) is 6.10 Å². The van der Waals surface area contributed by atoms with Crippen molar-refractivity contribution in [2.24, 2.45) is 0 Å². The maximum atomic E-state index is 12.4. The number of ether oxygens (including phenoxy) is 2. The van der Waals surface area contributed by atoms with Crippen molar-refractivity contribution in [3.63, 3.8) is 0 Å². The van der Waals surface area contributed by atoms with E-state index in [0.717, 1.165) is 122 Å². The highest BCUT2D eigenvalue weighted by atomic mass is 16.6. The summed E-state index contributed by atoms with van der Waals surface area (Å²) < 4.78 is 10.8. The van der Waals surface area contributed by atoms with Gasteiger partial charge in [-0.05, 0) is 122 Å². The molecule has 0 aliphatic heterocycles. The Bertz CT molecular complexity index is 1900. The number of carbonyl (C=O) groups is 2. The second kappa shape index (κ2) is 78.8. The lowest BCUT2D eigenvalue weighted by molar-refractivity contribution is -0.161. The fourth-order valence-electron chi connectivity index (χ4n) is 10.7. The van der Waals surface area contributed by atoms with Crippen LogP contribution in [0.1, 0.15) is 348 Å². The molecular formula is C85H142O5. The van der Waals surface area contributed by atoms with E-state index in [-0.39, 0.29) is 25.2 Å². The molecule has 0 bridgehead atoms. The van der Waals surface area contributed by atoms with E-state index in [1.54, 1.807) is 0 Å². The Labute approximate surface area is 558 Å². The first kappa shape index (κ1) is 85.5. The van der Waals surface area contributed by atoms with Crippen LogP contribution in [0.2, 0.25) is 0 Å². The second-order valence-electron chi connectivity index (χ2n) is 25.0. The summed E-state index contributed by atoms with van der Waals surface area (Å²) in [6.45, 7) is 3.94. The number of unbranched alkanes of at least 4 members (excludes halogenated alkanes) is 35. The lowest BCUT2D eigenvalue weighted by Gasteiger charge is -2.15. The molecule has 0 spiro atoms. The molecule has 0 aliphatic carbocycles. The Balaban J connectivity index is 3.46. The fraction of sp³-hybridized carbons (Fsp3) is 0.671. The van der Waals surface area contributed by atoms with E-state index in [4.69, 9.17) is 9.47 Å². The number of hydrogen-bond donors (Lipinski definition) is 1. The first-order valence-corrected chi connectivity index (χ1v) is 38.0. The van der Waals surface area contributed by atoms with Gasteiger partial charge in [-0.25, -0.2) is 0 Å². The zero-order chi connectivity index (χ0) is 64.7. The summed E-state index contributed by atoms with van der Waals surface area (Å²) in [5.74, 6) is -0.582. The highest BCUT2D eigenvalue weighted by Crippen LogP contribution is 2.18. The average Bonchev–Trinajstić information content (AvgIpc) is 3.62. The number of carbonyl (C=O) groups excluding carboxylic acids is 2. The van der Waals surface area contributed by atoms with Crippen LogP contribution in [0.3, 0.4) is 0 Å². The number of esters is 2. The van der Waals surface area contributed by atoms with Gasteiger partial charge >= 0.3 is 11.9 Å². The molecule has 1 atom stereocenters. The van der Waals surface area contributed by atoms with E-state index in [2.05, 4.69) is 172 Å². The van der Waals surface area contributed by atoms with Gasteiger partial charge in [-0.3, -0.25) is 9.59 Å². The third-order valence-corrected chi connectivity index (χ3v) is 16.3. The van der Waals surface area contributed by atoms with Crippen molar-refractivity contribution in [3.05, 3.63) is 158 Å². The van der Waals surface area contributed by atoms with E-state index < -0.39 is 6.10 Å². The normalized spacial score (nSPS) is 13.1. The van der Waals surface area contributed by atoms with Crippen LogP contribution in [0.25, 0.3) is 0 Å². The summed E-state index contributed by atoms with van der Waals surface area (Å²) in [7, 11) is 0. The first-order chi connectivity index (χ1) is 44.6. The molecule has 0 saturated heterocycles. The molecule has 1 unspecified atom stereocenters. The molecule has 0 rings (SSSR count). The van der Waals surface area contributed by atoms with Crippen molar-refractivity contribution in [2.75, 3.05) is 13.2 Å². The topological polar surface area (TPSA) is 72.8 Å². The van der Waals surface area contributed by atoms with Crippen molar-refractivity contribution >= 4 is 11.9 Å². The summed E-state index contributed by atoms with van der Waals surface area (Å²) in [6.07, 6.45) is 120. The van der Waals surface area contributed by atoms with Gasteiger partial charge in [0.25, 0.3) is 0 Å². The molecule has 0 aromatic carbocycles. The molecule has 90 heavy (non-hydrogen) atoms. The van der Waals surface area contributed by atoms with Crippen molar-refractivity contribution in [2.45, 2.75) is 354 Å². The molecule has 5 nitrogen and oxygen atoms in total. The van der Waals surface area contributed by atoms with E-state index in [1.165, 1.54) is 199 Å². The predicted molar refractivity (Wildman–Crippen MR) is 398 cm³/mol. The van der Waals surface area contributed by atoms with Crippen LogP contribution in [0.4, 0.5) is 0 Å². The number of aliphatic hydroxyl groups excluding tert-OH is 1. The Hall–Kier alpha value is -4.48. The van der Waals surface area contributed by atoms with Crippen LogP contribution >= 0.6 is 0 Å². The number of aliphatic hydroxyl groups is 1. The zero-order valence-corrected chi connectivity index (χ0v) is 58.9. The van der Waals surface area contributed by atoms with Gasteiger partial charge in [-0.2, -0.15) is 0 Å². The molecule has 0 saturated carbocycles. The van der Waals surface area contributed by atoms with Gasteiger partial charge in [-0.1, -0.05) is 371 Å². The number of rotatable bonds is 69. The highest BCUT2D eigenvalue weighted by molar-refractivity contribution is 5.70. The summed E-state index contributed by atoms with van der Waals surface area (Å²) in [5, 5.41) is 9.73. The maximum absolute atomic E-state index is 12.4. The van der Waals surface area contributed by atoms with Crippen LogP contribution in [0.15, 0.2) is 158 Å². The molecular weight excluding hydrogens is 1100 g/mol. The molecule has 512 valence electrons. The number of allylic oxidation sites excluding steroid dienone is 26. The summed E-state index contributed by atoms with van der Waals surface area (Å²) in [4.78, 5) is 24.7. The van der Waals surface area contributed by atoms with E-state index >= 15 is 0 Å². The lowest BCUT2D eigenvalue weighted by Crippen LogP contribution is -2.28. The molecule has 0 amide bonds. The molecule has 0 fully saturated rings. The van der Waals surface area contributed by atoms with Gasteiger partial charge in [-0.15, -0.1) is 0 Å². The predicted octanol–water partition coefficient (Wildman–Crippen LogP) is 27.0. The SMILES string of the molecule is CC/C=C\C/C=C\C/C=C\C/C=C\C/C=C\C/C=C\C/C=C\CCCCCCCCCCCCCCCCCC(=O)OC(CO)COC(=O)CCCCCCCCCCCCCCCCCCCCCC/C=C\C/C=C\C/C=C\C/C=C\C/C=C\C/C=C\CC. The average molecular weight is 1240 g/mol. The van der Waals surface area contributed by atoms with Crippen molar-refractivity contribution < 1.29 is 24.2 Å². The van der Waals surface area contributed by atoms with Crippen LogP contribution in [0.5, 0.6) is 0 Å². The smallest absolute Gasteiger partial charge is 0.306 e. The van der Waals surface area contributed by atoms with Gasteiger partial charge in [0.05, 0.1) is 6.61 Å². The van der Waals surface area contributed by atoms with Crippen LogP contribution in [-0.2, 0) is 19.1 Å². The van der Waals surface area contributed by atoms with Crippen LogP contribution < -0.4 is 0 Å². The molecule has 0 aromatic heterocycles. The maximum Gasteiger partial charge on any atom is 0.306 e. The second-order valence-corrected chi connectivity index (χ2v) is 25.0. The summed E-state index contributed by atoms with van der Waals surface area (Å²) in [6, 6.07) is 0. The van der Waals surface area contributed by atoms with E-state index in [9.17, 15) is 14.7 Å². The zero-order valence-electron chi connectivity index (χ0n) is 58.9. The highest BCUT2D eigenvalue weighted by Gasteiger charge is 2.16. The summed E-state index contributed by atoms with van der Waals surface area (Å²) in [5.41, 5.74) is 0. The van der Waals surface area contributed by atoms with Crippen molar-refractivity contribution in [3.8, 4) is 0 Å². The van der Waals surface area contributed by atoms with Gasteiger partial charge in [0.2, 0.25) is 0 Å². The van der Waals surface area contributed by atoms with Gasteiger partial charge in [0.1, 0.15) is 6.61 Å². The van der Waals surface area contributed by atoms with Gasteiger partial charge < -0.3 is 14.6 Å². The fourth-order valence-corrected chi connectivity index (χ4v) is 10.7. The molecule has 0 heterocycles.